The Bertz CT molecular complexity index is 831. The highest BCUT2D eigenvalue weighted by molar-refractivity contribution is 5.97. The van der Waals surface area contributed by atoms with Gasteiger partial charge in [-0.25, -0.2) is 0 Å². The molecule has 0 saturated heterocycles. The Balaban J connectivity index is 1.40. The fourth-order valence-electron chi connectivity index (χ4n) is 5.98. The second-order valence-corrected chi connectivity index (χ2v) is 8.62. The van der Waals surface area contributed by atoms with Gasteiger partial charge in [-0.2, -0.15) is 0 Å². The lowest BCUT2D eigenvalue weighted by atomic mass is 9.69. The van der Waals surface area contributed by atoms with Crippen LogP contribution in [0.4, 0.5) is 5.69 Å². The monoisotopic (exact) mass is 335 g/mol. The Kier molecular flexibility index (Phi) is 3.39. The Morgan fingerprint density at radius 1 is 1.12 bits per heavy atom. The molecule has 1 aromatic heterocycles. The van der Waals surface area contributed by atoms with Gasteiger partial charge < -0.3 is 11.1 Å². The third kappa shape index (κ3) is 2.54. The average molecular weight is 335 g/mol. The summed E-state index contributed by atoms with van der Waals surface area (Å²) < 4.78 is 0. The molecule has 3 fully saturated rings. The van der Waals surface area contributed by atoms with Gasteiger partial charge in [0.1, 0.15) is 0 Å². The number of fused-ring (bicyclic) bond motifs is 3. The summed E-state index contributed by atoms with van der Waals surface area (Å²) in [5.74, 6) is 2.18. The SMILES string of the molecule is NC1CC2CC3CC(C(=O)Nc4cnc5ccccc5c4)(C2)CC3C1. The zero-order chi connectivity index (χ0) is 17.0. The summed E-state index contributed by atoms with van der Waals surface area (Å²) in [5.41, 5.74) is 7.89. The summed E-state index contributed by atoms with van der Waals surface area (Å²) in [5, 5.41) is 4.25. The molecule has 3 aliphatic rings. The molecule has 0 aliphatic heterocycles. The van der Waals surface area contributed by atoms with E-state index < -0.39 is 0 Å². The van der Waals surface area contributed by atoms with Gasteiger partial charge >= 0.3 is 0 Å². The molecule has 1 heterocycles. The summed E-state index contributed by atoms with van der Waals surface area (Å²) in [7, 11) is 0. The van der Waals surface area contributed by atoms with Crippen LogP contribution in [-0.4, -0.2) is 16.9 Å². The lowest BCUT2D eigenvalue weighted by Crippen LogP contribution is -2.40. The number of nitrogens with one attached hydrogen (secondary N) is 1. The van der Waals surface area contributed by atoms with Crippen LogP contribution < -0.4 is 11.1 Å². The van der Waals surface area contributed by atoms with E-state index in [0.29, 0.717) is 23.8 Å². The van der Waals surface area contributed by atoms with Crippen LogP contribution in [0.15, 0.2) is 36.5 Å². The number of hydrogen-bond donors (Lipinski definition) is 2. The van der Waals surface area contributed by atoms with Crippen molar-refractivity contribution in [2.75, 3.05) is 5.32 Å². The molecule has 5 atom stereocenters. The van der Waals surface area contributed by atoms with Gasteiger partial charge in [0.15, 0.2) is 0 Å². The van der Waals surface area contributed by atoms with Crippen molar-refractivity contribution < 1.29 is 4.79 Å². The topological polar surface area (TPSA) is 68.0 Å². The molecule has 130 valence electrons. The lowest BCUT2D eigenvalue weighted by molar-refractivity contribution is -0.127. The Hall–Kier alpha value is -1.94. The van der Waals surface area contributed by atoms with E-state index in [-0.39, 0.29) is 11.3 Å². The van der Waals surface area contributed by atoms with Crippen molar-refractivity contribution >= 4 is 22.5 Å². The minimum atomic E-state index is -0.177. The molecule has 5 unspecified atom stereocenters. The molecule has 3 aliphatic carbocycles. The molecule has 0 spiro atoms. The third-order valence-electron chi connectivity index (χ3n) is 6.86. The van der Waals surface area contributed by atoms with Crippen LogP contribution >= 0.6 is 0 Å². The van der Waals surface area contributed by atoms with Crippen LogP contribution in [0.25, 0.3) is 10.9 Å². The molecule has 4 nitrogen and oxygen atoms in total. The standard InChI is InChI=1S/C21H25N3O/c22-17-6-13-5-15-10-21(9-13,11-16(15)7-17)20(25)24-18-8-14-3-1-2-4-19(14)23-12-18/h1-4,8,12-13,15-17H,5-7,9-11,22H2,(H,24,25). The van der Waals surface area contributed by atoms with E-state index in [1.165, 1.54) is 6.42 Å². The first-order valence-corrected chi connectivity index (χ1v) is 9.53. The number of carbonyl (C=O) groups excluding carboxylic acids is 1. The zero-order valence-corrected chi connectivity index (χ0v) is 14.4. The van der Waals surface area contributed by atoms with E-state index in [1.54, 1.807) is 6.20 Å². The number of carbonyl (C=O) groups is 1. The van der Waals surface area contributed by atoms with E-state index in [0.717, 1.165) is 48.7 Å². The van der Waals surface area contributed by atoms with Crippen molar-refractivity contribution in [2.45, 2.75) is 44.6 Å². The number of aromatic nitrogens is 1. The summed E-state index contributed by atoms with van der Waals surface area (Å²) in [6.07, 6.45) is 8.35. The molecule has 3 saturated carbocycles. The van der Waals surface area contributed by atoms with Crippen LogP contribution in [0.3, 0.4) is 0 Å². The van der Waals surface area contributed by atoms with Gasteiger partial charge in [-0.15, -0.1) is 0 Å². The molecule has 5 rings (SSSR count). The van der Waals surface area contributed by atoms with Gasteiger partial charge in [-0.1, -0.05) is 18.2 Å². The number of benzene rings is 1. The summed E-state index contributed by atoms with van der Waals surface area (Å²) in [6.45, 7) is 0. The highest BCUT2D eigenvalue weighted by atomic mass is 16.2. The predicted molar refractivity (Wildman–Crippen MR) is 99.0 cm³/mol. The summed E-state index contributed by atoms with van der Waals surface area (Å²) in [4.78, 5) is 17.7. The van der Waals surface area contributed by atoms with Gasteiger partial charge in [0.2, 0.25) is 5.91 Å². The maximum Gasteiger partial charge on any atom is 0.230 e. The summed E-state index contributed by atoms with van der Waals surface area (Å²) >= 11 is 0. The smallest absolute Gasteiger partial charge is 0.230 e. The van der Waals surface area contributed by atoms with E-state index in [2.05, 4.69) is 10.3 Å². The first-order valence-electron chi connectivity index (χ1n) is 9.53. The van der Waals surface area contributed by atoms with Gasteiger partial charge in [0.05, 0.1) is 22.8 Å². The predicted octanol–water partition coefficient (Wildman–Crippen LogP) is 3.72. The molecule has 4 heteroatoms. The van der Waals surface area contributed by atoms with Crippen LogP contribution in [0.5, 0.6) is 0 Å². The number of rotatable bonds is 2. The molecule has 2 aromatic rings. The van der Waals surface area contributed by atoms with Gasteiger partial charge in [0.25, 0.3) is 0 Å². The summed E-state index contributed by atoms with van der Waals surface area (Å²) in [6, 6.07) is 10.4. The Morgan fingerprint density at radius 2 is 1.92 bits per heavy atom. The van der Waals surface area contributed by atoms with Gasteiger partial charge in [-0.05, 0) is 68.4 Å². The molecular weight excluding hydrogens is 310 g/mol. The van der Waals surface area contributed by atoms with Crippen LogP contribution in [0, 0.1) is 23.2 Å². The fourth-order valence-corrected chi connectivity index (χ4v) is 5.98. The second-order valence-electron chi connectivity index (χ2n) is 8.62. The van der Waals surface area contributed by atoms with Crippen LogP contribution in [-0.2, 0) is 4.79 Å². The van der Waals surface area contributed by atoms with E-state index in [1.807, 2.05) is 30.3 Å². The average Bonchev–Trinajstić information content (AvgIpc) is 2.79. The largest absolute Gasteiger partial charge is 0.328 e. The molecule has 3 N–H and O–H groups in total. The molecular formula is C21H25N3O. The van der Waals surface area contributed by atoms with Crippen LogP contribution in [0.1, 0.15) is 38.5 Å². The first kappa shape index (κ1) is 15.3. The number of anilines is 1. The normalized spacial score (nSPS) is 36.4. The zero-order valence-electron chi connectivity index (χ0n) is 14.4. The minimum Gasteiger partial charge on any atom is -0.328 e. The van der Waals surface area contributed by atoms with Crippen molar-refractivity contribution in [3.63, 3.8) is 0 Å². The number of hydrogen-bond acceptors (Lipinski definition) is 3. The second kappa shape index (κ2) is 5.53. The Morgan fingerprint density at radius 3 is 2.80 bits per heavy atom. The molecule has 0 radical (unpaired) electrons. The maximum atomic E-state index is 13.2. The number of nitrogens with two attached hydrogens (primary N) is 1. The number of nitrogens with zero attached hydrogens (tertiary/aromatic N) is 1. The van der Waals surface area contributed by atoms with Crippen LogP contribution in [0.2, 0.25) is 0 Å². The van der Waals surface area contributed by atoms with Crippen molar-refractivity contribution in [3.05, 3.63) is 36.5 Å². The van der Waals surface area contributed by atoms with Crippen molar-refractivity contribution in [1.82, 2.24) is 4.98 Å². The maximum absolute atomic E-state index is 13.2. The van der Waals surface area contributed by atoms with E-state index in [4.69, 9.17) is 5.73 Å². The number of pyridine rings is 1. The third-order valence-corrected chi connectivity index (χ3v) is 6.86. The van der Waals surface area contributed by atoms with Gasteiger partial charge in [0, 0.05) is 11.4 Å². The molecule has 1 amide bonds. The minimum absolute atomic E-state index is 0.177. The quantitative estimate of drug-likeness (QED) is 0.879. The van der Waals surface area contributed by atoms with Gasteiger partial charge in [-0.3, -0.25) is 9.78 Å². The molecule has 1 aromatic carbocycles. The number of amides is 1. The van der Waals surface area contributed by atoms with Crippen molar-refractivity contribution in [2.24, 2.45) is 28.9 Å². The van der Waals surface area contributed by atoms with E-state index in [9.17, 15) is 4.79 Å². The van der Waals surface area contributed by atoms with Crippen molar-refractivity contribution in [1.29, 1.82) is 0 Å². The van der Waals surface area contributed by atoms with E-state index >= 15 is 0 Å². The number of para-hydroxylation sites is 1. The molecule has 25 heavy (non-hydrogen) atoms. The highest BCUT2D eigenvalue weighted by Crippen LogP contribution is 2.60. The fraction of sp³-hybridized carbons (Fsp3) is 0.524. The van der Waals surface area contributed by atoms with Crippen molar-refractivity contribution in [3.8, 4) is 0 Å². The highest BCUT2D eigenvalue weighted by Gasteiger charge is 2.56. The Labute approximate surface area is 148 Å². The first-order chi connectivity index (χ1) is 12.1. The molecule has 3 bridgehead atoms. The lowest BCUT2D eigenvalue weighted by Gasteiger charge is -2.37.